The van der Waals surface area contributed by atoms with Crippen LogP contribution in [0.5, 0.6) is 0 Å². The predicted octanol–water partition coefficient (Wildman–Crippen LogP) is 2.27. The van der Waals surface area contributed by atoms with Crippen LogP contribution in [0.2, 0.25) is 0 Å². The Balaban J connectivity index is 1.88. The fraction of sp³-hybridized carbons (Fsp3) is 0.769. The summed E-state index contributed by atoms with van der Waals surface area (Å²) in [4.78, 5) is 5.88. The van der Waals surface area contributed by atoms with E-state index in [1.807, 2.05) is 11.3 Å². The second kappa shape index (κ2) is 5.46. The van der Waals surface area contributed by atoms with Crippen LogP contribution < -0.4 is 10.6 Å². The summed E-state index contributed by atoms with van der Waals surface area (Å²) in [5.41, 5.74) is 1.19. The third-order valence-electron chi connectivity index (χ3n) is 3.70. The van der Waals surface area contributed by atoms with Crippen molar-refractivity contribution in [2.45, 2.75) is 33.7 Å². The lowest BCUT2D eigenvalue weighted by Crippen LogP contribution is -2.29. The zero-order chi connectivity index (χ0) is 12.4. The van der Waals surface area contributed by atoms with Crippen molar-refractivity contribution in [3.05, 3.63) is 15.6 Å². The molecule has 0 aromatic carbocycles. The van der Waals surface area contributed by atoms with Crippen LogP contribution in [-0.4, -0.2) is 24.6 Å². The minimum atomic E-state index is 0.425. The molecular weight excluding hydrogens is 230 g/mol. The molecular formula is C13H23N3S. The molecule has 3 nitrogen and oxygen atoms in total. The van der Waals surface area contributed by atoms with Crippen LogP contribution in [0, 0.1) is 25.7 Å². The summed E-state index contributed by atoms with van der Waals surface area (Å²) >= 11 is 1.82. The van der Waals surface area contributed by atoms with Crippen molar-refractivity contribution in [1.82, 2.24) is 15.6 Å². The Morgan fingerprint density at radius 1 is 1.47 bits per heavy atom. The van der Waals surface area contributed by atoms with Crippen LogP contribution >= 0.6 is 11.3 Å². The van der Waals surface area contributed by atoms with E-state index in [1.165, 1.54) is 22.1 Å². The highest BCUT2D eigenvalue weighted by Crippen LogP contribution is 2.25. The fourth-order valence-electron chi connectivity index (χ4n) is 2.51. The average Bonchev–Trinajstić information content (AvgIpc) is 2.81. The van der Waals surface area contributed by atoms with Gasteiger partial charge in [0.25, 0.3) is 0 Å². The lowest BCUT2D eigenvalue weighted by molar-refractivity contribution is 0.400. The normalized spacial score (nSPS) is 26.4. The molecule has 0 aliphatic carbocycles. The van der Waals surface area contributed by atoms with E-state index in [0.29, 0.717) is 6.04 Å². The van der Waals surface area contributed by atoms with E-state index in [2.05, 4.69) is 43.3 Å². The minimum absolute atomic E-state index is 0.425. The third-order valence-corrected chi connectivity index (χ3v) is 4.95. The zero-order valence-corrected chi connectivity index (χ0v) is 12.0. The molecule has 0 saturated carbocycles. The van der Waals surface area contributed by atoms with Gasteiger partial charge in [-0.3, -0.25) is 0 Å². The first-order valence-corrected chi connectivity index (χ1v) is 7.27. The van der Waals surface area contributed by atoms with Gasteiger partial charge >= 0.3 is 0 Å². The average molecular weight is 253 g/mol. The van der Waals surface area contributed by atoms with Crippen molar-refractivity contribution in [1.29, 1.82) is 0 Å². The van der Waals surface area contributed by atoms with E-state index in [0.717, 1.165) is 24.9 Å². The van der Waals surface area contributed by atoms with Crippen LogP contribution in [-0.2, 0) is 0 Å². The lowest BCUT2D eigenvalue weighted by atomic mass is 9.98. The number of hydrogen-bond donors (Lipinski definition) is 2. The van der Waals surface area contributed by atoms with Crippen LogP contribution in [0.1, 0.15) is 35.5 Å². The first kappa shape index (κ1) is 13.0. The Bertz CT molecular complexity index is 375. The maximum Gasteiger partial charge on any atom is 0.0900 e. The number of aromatic nitrogens is 1. The standard InChI is InChI=1S/C13H23N3S/c1-8-5-14-6-12(8)7-15-9(2)13-10(3)16-11(4)17-13/h8-9,12,14-15H,5-7H2,1-4H3. The molecule has 0 bridgehead atoms. The van der Waals surface area contributed by atoms with Crippen LogP contribution in [0.25, 0.3) is 0 Å². The maximum atomic E-state index is 4.49. The molecule has 0 spiro atoms. The minimum Gasteiger partial charge on any atom is -0.316 e. The fourth-order valence-corrected chi connectivity index (χ4v) is 3.46. The van der Waals surface area contributed by atoms with Gasteiger partial charge in [0.05, 0.1) is 10.7 Å². The summed E-state index contributed by atoms with van der Waals surface area (Å²) in [6, 6.07) is 0.425. The van der Waals surface area contributed by atoms with Gasteiger partial charge in [-0.2, -0.15) is 0 Å². The quantitative estimate of drug-likeness (QED) is 0.864. The van der Waals surface area contributed by atoms with Gasteiger partial charge in [-0.25, -0.2) is 4.98 Å². The monoisotopic (exact) mass is 253 g/mol. The van der Waals surface area contributed by atoms with Crippen molar-refractivity contribution in [2.75, 3.05) is 19.6 Å². The van der Waals surface area contributed by atoms with E-state index in [-0.39, 0.29) is 0 Å². The number of aryl methyl sites for hydroxylation is 2. The van der Waals surface area contributed by atoms with E-state index in [1.54, 1.807) is 0 Å². The Morgan fingerprint density at radius 2 is 2.24 bits per heavy atom. The summed E-state index contributed by atoms with van der Waals surface area (Å²) in [6.07, 6.45) is 0. The molecule has 17 heavy (non-hydrogen) atoms. The van der Waals surface area contributed by atoms with Crippen LogP contribution in [0.15, 0.2) is 0 Å². The van der Waals surface area contributed by atoms with Crippen molar-refractivity contribution in [3.8, 4) is 0 Å². The number of nitrogens with one attached hydrogen (secondary N) is 2. The molecule has 2 heterocycles. The first-order chi connectivity index (χ1) is 8.08. The molecule has 1 fully saturated rings. The molecule has 1 aliphatic rings. The number of nitrogens with zero attached hydrogens (tertiary/aromatic N) is 1. The van der Waals surface area contributed by atoms with Crippen molar-refractivity contribution < 1.29 is 0 Å². The first-order valence-electron chi connectivity index (χ1n) is 6.46. The number of thiazole rings is 1. The summed E-state index contributed by atoms with van der Waals surface area (Å²) in [5.74, 6) is 1.56. The second-order valence-electron chi connectivity index (χ2n) is 5.21. The molecule has 0 radical (unpaired) electrons. The molecule has 1 aromatic heterocycles. The Morgan fingerprint density at radius 3 is 2.76 bits per heavy atom. The van der Waals surface area contributed by atoms with Crippen molar-refractivity contribution >= 4 is 11.3 Å². The summed E-state index contributed by atoms with van der Waals surface area (Å²) in [6.45, 7) is 12.2. The van der Waals surface area contributed by atoms with Crippen LogP contribution in [0.3, 0.4) is 0 Å². The molecule has 1 saturated heterocycles. The zero-order valence-electron chi connectivity index (χ0n) is 11.2. The van der Waals surface area contributed by atoms with E-state index < -0.39 is 0 Å². The molecule has 96 valence electrons. The van der Waals surface area contributed by atoms with Gasteiger partial charge in [0.1, 0.15) is 0 Å². The van der Waals surface area contributed by atoms with E-state index in [4.69, 9.17) is 0 Å². The van der Waals surface area contributed by atoms with Crippen molar-refractivity contribution in [2.24, 2.45) is 11.8 Å². The molecule has 1 aromatic rings. The van der Waals surface area contributed by atoms with Gasteiger partial charge in [-0.1, -0.05) is 6.92 Å². The molecule has 2 rings (SSSR count). The van der Waals surface area contributed by atoms with Gasteiger partial charge in [0.2, 0.25) is 0 Å². The topological polar surface area (TPSA) is 37.0 Å². The maximum absolute atomic E-state index is 4.49. The Hall–Kier alpha value is -0.450. The molecule has 0 amide bonds. The Labute approximate surface area is 108 Å². The van der Waals surface area contributed by atoms with Crippen molar-refractivity contribution in [3.63, 3.8) is 0 Å². The second-order valence-corrected chi connectivity index (χ2v) is 6.44. The predicted molar refractivity (Wildman–Crippen MR) is 73.5 cm³/mol. The molecule has 4 heteroatoms. The highest BCUT2D eigenvalue weighted by atomic mass is 32.1. The SMILES string of the molecule is Cc1nc(C)c(C(C)NCC2CNCC2C)s1. The smallest absolute Gasteiger partial charge is 0.0900 e. The molecule has 1 aliphatic heterocycles. The highest BCUT2D eigenvalue weighted by Gasteiger charge is 2.23. The lowest BCUT2D eigenvalue weighted by Gasteiger charge is -2.19. The molecule has 3 unspecified atom stereocenters. The Kier molecular flexibility index (Phi) is 4.17. The van der Waals surface area contributed by atoms with E-state index in [9.17, 15) is 0 Å². The number of rotatable bonds is 4. The highest BCUT2D eigenvalue weighted by molar-refractivity contribution is 7.11. The summed E-state index contributed by atoms with van der Waals surface area (Å²) in [7, 11) is 0. The van der Waals surface area contributed by atoms with Gasteiger partial charge < -0.3 is 10.6 Å². The number of hydrogen-bond acceptors (Lipinski definition) is 4. The molecule has 3 atom stereocenters. The summed E-state index contributed by atoms with van der Waals surface area (Å²) in [5, 5.41) is 8.28. The summed E-state index contributed by atoms with van der Waals surface area (Å²) < 4.78 is 0. The van der Waals surface area contributed by atoms with Gasteiger partial charge in [-0.05, 0) is 45.7 Å². The van der Waals surface area contributed by atoms with Gasteiger partial charge in [0.15, 0.2) is 0 Å². The largest absolute Gasteiger partial charge is 0.316 e. The molecule has 2 N–H and O–H groups in total. The van der Waals surface area contributed by atoms with Gasteiger partial charge in [0, 0.05) is 17.5 Å². The van der Waals surface area contributed by atoms with Crippen LogP contribution in [0.4, 0.5) is 0 Å². The van der Waals surface area contributed by atoms with E-state index >= 15 is 0 Å². The third kappa shape index (κ3) is 3.06. The van der Waals surface area contributed by atoms with Gasteiger partial charge in [-0.15, -0.1) is 11.3 Å².